The molecule has 2 heteroatoms. The van der Waals surface area contributed by atoms with E-state index in [4.69, 9.17) is 0 Å². The highest BCUT2D eigenvalue weighted by Gasteiger charge is 2.02. The Labute approximate surface area is 119 Å². The maximum Gasteiger partial charge on any atom is 0.0926 e. The average molecular weight is 264 g/mol. The number of nitrogens with zero attached hydrogens (tertiary/aromatic N) is 2. The fraction of sp³-hybridized carbons (Fsp3) is 0.588. The van der Waals surface area contributed by atoms with E-state index in [1.54, 1.807) is 0 Å². The second-order valence-electron chi connectivity index (χ2n) is 3.77. The lowest BCUT2D eigenvalue weighted by atomic mass is 10.2. The number of aryl methyl sites for hydroxylation is 1. The van der Waals surface area contributed by atoms with Crippen molar-refractivity contribution in [1.82, 2.24) is 9.78 Å². The van der Waals surface area contributed by atoms with Crippen molar-refractivity contribution < 1.29 is 0 Å². The van der Waals surface area contributed by atoms with Crippen LogP contribution in [-0.4, -0.2) is 9.78 Å². The van der Waals surface area contributed by atoms with E-state index in [-0.39, 0.29) is 0 Å². The van der Waals surface area contributed by atoms with Crippen molar-refractivity contribution in [1.29, 1.82) is 0 Å². The number of hydrogen-bond acceptors (Lipinski definition) is 1. The van der Waals surface area contributed by atoms with Crippen LogP contribution in [0.5, 0.6) is 0 Å². The zero-order valence-corrected chi connectivity index (χ0v) is 14.3. The van der Waals surface area contributed by atoms with Crippen LogP contribution in [0, 0.1) is 6.92 Å². The Hall–Kier alpha value is -1.31. The molecule has 0 amide bonds. The summed E-state index contributed by atoms with van der Waals surface area (Å²) in [4.78, 5) is 0. The molecule has 0 N–H and O–H groups in total. The van der Waals surface area contributed by atoms with Crippen molar-refractivity contribution in [3.8, 4) is 0 Å². The Morgan fingerprint density at radius 1 is 0.947 bits per heavy atom. The molecule has 2 aromatic rings. The summed E-state index contributed by atoms with van der Waals surface area (Å²) in [5.41, 5.74) is 2.36. The minimum absolute atomic E-state index is 0.438. The van der Waals surface area contributed by atoms with Crippen molar-refractivity contribution >= 4 is 10.9 Å². The Morgan fingerprint density at radius 2 is 1.47 bits per heavy atom. The molecule has 0 unspecified atom stereocenters. The molecule has 0 radical (unpaired) electrons. The summed E-state index contributed by atoms with van der Waals surface area (Å²) in [6, 6.07) is 6.80. The predicted molar refractivity (Wildman–Crippen MR) is 88.9 cm³/mol. The minimum Gasteiger partial charge on any atom is -0.269 e. The van der Waals surface area contributed by atoms with Crippen LogP contribution in [0.15, 0.2) is 24.4 Å². The summed E-state index contributed by atoms with van der Waals surface area (Å²) in [7, 11) is 0. The SMILES string of the molecule is CC.CC.CC.Cc1ccc2cn(C(C)C)nc2c1. The summed E-state index contributed by atoms with van der Waals surface area (Å²) in [6.07, 6.45) is 2.10. The molecule has 0 spiro atoms. The number of fused-ring (bicyclic) bond motifs is 1. The molecule has 1 heterocycles. The summed E-state index contributed by atoms with van der Waals surface area (Å²) < 4.78 is 2.00. The van der Waals surface area contributed by atoms with Gasteiger partial charge in [0.2, 0.25) is 0 Å². The monoisotopic (exact) mass is 264 g/mol. The zero-order chi connectivity index (χ0) is 15.4. The first-order valence-corrected chi connectivity index (χ1v) is 7.62. The Morgan fingerprint density at radius 3 is 1.95 bits per heavy atom. The molecule has 0 aliphatic rings. The molecule has 1 aromatic carbocycles. The molecule has 2 rings (SSSR count). The van der Waals surface area contributed by atoms with E-state index >= 15 is 0 Å². The van der Waals surface area contributed by atoms with E-state index < -0.39 is 0 Å². The first kappa shape index (κ1) is 20.0. The van der Waals surface area contributed by atoms with Crippen molar-refractivity contribution in [2.45, 2.75) is 68.4 Å². The highest BCUT2D eigenvalue weighted by Crippen LogP contribution is 2.16. The third-order valence-corrected chi connectivity index (χ3v) is 2.21. The van der Waals surface area contributed by atoms with Gasteiger partial charge in [0, 0.05) is 17.6 Å². The summed E-state index contributed by atoms with van der Waals surface area (Å²) in [5.74, 6) is 0. The lowest BCUT2D eigenvalue weighted by molar-refractivity contribution is 0.537. The van der Waals surface area contributed by atoms with Gasteiger partial charge in [-0.15, -0.1) is 0 Å². The van der Waals surface area contributed by atoms with Crippen LogP contribution < -0.4 is 0 Å². The predicted octanol–water partition coefficient (Wildman–Crippen LogP) is 6.00. The van der Waals surface area contributed by atoms with E-state index in [0.29, 0.717) is 6.04 Å². The van der Waals surface area contributed by atoms with Gasteiger partial charge >= 0.3 is 0 Å². The first-order chi connectivity index (χ1) is 9.16. The molecule has 0 saturated carbocycles. The standard InChI is InChI=1S/C11H14N2.3C2H6/c1-8(2)13-7-10-5-4-9(3)6-11(10)12-13;3*1-2/h4-8H,1-3H3;3*1-2H3. The van der Waals surface area contributed by atoms with E-state index in [1.807, 2.05) is 46.2 Å². The molecular weight excluding hydrogens is 232 g/mol. The fourth-order valence-electron chi connectivity index (χ4n) is 1.41. The van der Waals surface area contributed by atoms with Gasteiger partial charge in [0.05, 0.1) is 5.52 Å². The van der Waals surface area contributed by atoms with Gasteiger partial charge in [0.25, 0.3) is 0 Å². The molecule has 0 aliphatic carbocycles. The van der Waals surface area contributed by atoms with E-state index in [9.17, 15) is 0 Å². The molecule has 2 nitrogen and oxygen atoms in total. The summed E-state index contributed by atoms with van der Waals surface area (Å²) in [5, 5.41) is 5.71. The maximum atomic E-state index is 4.49. The Bertz CT molecular complexity index is 428. The van der Waals surface area contributed by atoms with Crippen molar-refractivity contribution in [2.75, 3.05) is 0 Å². The fourth-order valence-corrected chi connectivity index (χ4v) is 1.41. The van der Waals surface area contributed by atoms with Crippen LogP contribution in [0.3, 0.4) is 0 Å². The average Bonchev–Trinajstić information content (AvgIpc) is 2.89. The molecular formula is C17H32N2. The lowest BCUT2D eigenvalue weighted by Crippen LogP contribution is -1.99. The van der Waals surface area contributed by atoms with E-state index in [0.717, 1.165) is 5.52 Å². The quantitative estimate of drug-likeness (QED) is 0.617. The van der Waals surface area contributed by atoms with Crippen LogP contribution in [0.1, 0.15) is 67.0 Å². The van der Waals surface area contributed by atoms with E-state index in [2.05, 4.69) is 50.3 Å². The van der Waals surface area contributed by atoms with Gasteiger partial charge in [-0.2, -0.15) is 5.10 Å². The number of aromatic nitrogens is 2. The van der Waals surface area contributed by atoms with Gasteiger partial charge in [-0.3, -0.25) is 4.68 Å². The Balaban J connectivity index is 0. The molecule has 0 atom stereocenters. The highest BCUT2D eigenvalue weighted by atomic mass is 15.3. The lowest BCUT2D eigenvalue weighted by Gasteiger charge is -2.02. The van der Waals surface area contributed by atoms with Crippen molar-refractivity contribution in [2.24, 2.45) is 0 Å². The topological polar surface area (TPSA) is 17.8 Å². The second kappa shape index (κ2) is 11.8. The van der Waals surface area contributed by atoms with Crippen LogP contribution in [0.2, 0.25) is 0 Å². The smallest absolute Gasteiger partial charge is 0.0926 e. The first-order valence-electron chi connectivity index (χ1n) is 7.62. The molecule has 110 valence electrons. The second-order valence-corrected chi connectivity index (χ2v) is 3.77. The number of hydrogen-bond donors (Lipinski definition) is 0. The summed E-state index contributed by atoms with van der Waals surface area (Å²) in [6.45, 7) is 18.4. The number of rotatable bonds is 1. The normalized spacial score (nSPS) is 8.74. The van der Waals surface area contributed by atoms with Gasteiger partial charge < -0.3 is 0 Å². The van der Waals surface area contributed by atoms with E-state index in [1.165, 1.54) is 10.9 Å². The maximum absolute atomic E-state index is 4.49. The highest BCUT2D eigenvalue weighted by molar-refractivity contribution is 5.78. The van der Waals surface area contributed by atoms with Crippen molar-refractivity contribution in [3.05, 3.63) is 30.0 Å². The summed E-state index contributed by atoms with van der Waals surface area (Å²) >= 11 is 0. The molecule has 0 aliphatic heterocycles. The molecule has 19 heavy (non-hydrogen) atoms. The van der Waals surface area contributed by atoms with Gasteiger partial charge in [0.1, 0.15) is 0 Å². The van der Waals surface area contributed by atoms with Gasteiger partial charge in [-0.1, -0.05) is 53.7 Å². The number of benzene rings is 1. The third kappa shape index (κ3) is 6.42. The minimum atomic E-state index is 0.438. The third-order valence-electron chi connectivity index (χ3n) is 2.21. The molecule has 0 fully saturated rings. The van der Waals surface area contributed by atoms with Crippen LogP contribution in [-0.2, 0) is 0 Å². The van der Waals surface area contributed by atoms with Crippen LogP contribution >= 0.6 is 0 Å². The zero-order valence-electron chi connectivity index (χ0n) is 14.3. The van der Waals surface area contributed by atoms with Crippen LogP contribution in [0.25, 0.3) is 10.9 Å². The van der Waals surface area contributed by atoms with Gasteiger partial charge in [0.15, 0.2) is 0 Å². The largest absolute Gasteiger partial charge is 0.269 e. The van der Waals surface area contributed by atoms with Gasteiger partial charge in [-0.25, -0.2) is 0 Å². The Kier molecular flexibility index (Phi) is 12.4. The molecule has 1 aromatic heterocycles. The molecule has 0 saturated heterocycles. The van der Waals surface area contributed by atoms with Gasteiger partial charge in [-0.05, 0) is 32.4 Å². The van der Waals surface area contributed by atoms with Crippen molar-refractivity contribution in [3.63, 3.8) is 0 Å². The molecule has 0 bridgehead atoms. The van der Waals surface area contributed by atoms with Crippen LogP contribution in [0.4, 0.5) is 0 Å².